The second-order valence-electron chi connectivity index (χ2n) is 2.71. The van der Waals surface area contributed by atoms with Crippen LogP contribution in [0.3, 0.4) is 0 Å². The van der Waals surface area contributed by atoms with Gasteiger partial charge in [-0.1, -0.05) is 9.00 Å². The van der Waals surface area contributed by atoms with Gasteiger partial charge in [-0.3, -0.25) is 0 Å². The third-order valence-electron chi connectivity index (χ3n) is 1.54. The van der Waals surface area contributed by atoms with Crippen molar-refractivity contribution in [2.75, 3.05) is 0 Å². The Labute approximate surface area is 90.7 Å². The molecular formula is C7H7FN4O3S. The highest BCUT2D eigenvalue weighted by molar-refractivity contribution is 7.81. The van der Waals surface area contributed by atoms with Crippen LogP contribution in [0.2, 0.25) is 0 Å². The van der Waals surface area contributed by atoms with Crippen molar-refractivity contribution in [2.24, 2.45) is 10.8 Å². The molecule has 7 nitrogen and oxygen atoms in total. The Bertz CT molecular complexity index is 539. The molecule has 0 saturated heterocycles. The SMILES string of the molecule is [N-]=[N+]=Nc1cc(CN)cc(OS(=O)(=O)F)c1. The highest BCUT2D eigenvalue weighted by Crippen LogP contribution is 2.24. The summed E-state index contributed by atoms with van der Waals surface area (Å²) in [6.07, 6.45) is 0. The Morgan fingerprint density at radius 1 is 1.50 bits per heavy atom. The van der Waals surface area contributed by atoms with Gasteiger partial charge in [0.05, 0.1) is 0 Å². The van der Waals surface area contributed by atoms with Gasteiger partial charge >= 0.3 is 10.5 Å². The van der Waals surface area contributed by atoms with Crippen molar-refractivity contribution in [2.45, 2.75) is 6.54 Å². The second-order valence-corrected chi connectivity index (χ2v) is 3.66. The van der Waals surface area contributed by atoms with Crippen LogP contribution in [0, 0.1) is 0 Å². The van der Waals surface area contributed by atoms with Gasteiger partial charge in [-0.05, 0) is 29.3 Å². The lowest BCUT2D eigenvalue weighted by atomic mass is 10.2. The third kappa shape index (κ3) is 3.73. The van der Waals surface area contributed by atoms with E-state index in [1.165, 1.54) is 12.1 Å². The van der Waals surface area contributed by atoms with E-state index in [-0.39, 0.29) is 18.0 Å². The van der Waals surface area contributed by atoms with Crippen LogP contribution in [0.1, 0.15) is 5.56 Å². The van der Waals surface area contributed by atoms with E-state index in [1.807, 2.05) is 0 Å². The molecule has 0 aliphatic heterocycles. The maximum Gasteiger partial charge on any atom is 0.488 e. The zero-order chi connectivity index (χ0) is 12.2. The minimum absolute atomic E-state index is 0.0669. The molecule has 0 aliphatic rings. The van der Waals surface area contributed by atoms with Crippen LogP contribution in [0.25, 0.3) is 10.4 Å². The summed E-state index contributed by atoms with van der Waals surface area (Å²) in [4.78, 5) is 2.50. The van der Waals surface area contributed by atoms with E-state index in [0.29, 0.717) is 5.56 Å². The molecule has 2 N–H and O–H groups in total. The maximum absolute atomic E-state index is 12.2. The number of nitrogens with two attached hydrogens (primary N) is 1. The minimum Gasteiger partial charge on any atom is -0.358 e. The fourth-order valence-corrected chi connectivity index (χ4v) is 1.36. The van der Waals surface area contributed by atoms with Crippen molar-refractivity contribution in [3.05, 3.63) is 34.2 Å². The van der Waals surface area contributed by atoms with Crippen LogP contribution in [-0.4, -0.2) is 8.42 Å². The molecule has 1 rings (SSSR count). The Hall–Kier alpha value is -1.83. The first-order chi connectivity index (χ1) is 7.44. The number of benzene rings is 1. The first-order valence-electron chi connectivity index (χ1n) is 3.98. The van der Waals surface area contributed by atoms with Crippen molar-refractivity contribution in [1.82, 2.24) is 0 Å². The summed E-state index contributed by atoms with van der Waals surface area (Å²) in [5, 5.41) is 3.23. The van der Waals surface area contributed by atoms with Crippen molar-refractivity contribution in [3.63, 3.8) is 0 Å². The van der Waals surface area contributed by atoms with E-state index in [1.54, 1.807) is 0 Å². The topological polar surface area (TPSA) is 118 Å². The molecular weight excluding hydrogens is 239 g/mol. The molecule has 86 valence electrons. The quantitative estimate of drug-likeness (QED) is 0.376. The lowest BCUT2D eigenvalue weighted by Gasteiger charge is -2.04. The molecule has 16 heavy (non-hydrogen) atoms. The fraction of sp³-hybridized carbons (Fsp3) is 0.143. The summed E-state index contributed by atoms with van der Waals surface area (Å²) in [6.45, 7) is 0.0669. The van der Waals surface area contributed by atoms with Crippen LogP contribution < -0.4 is 9.92 Å². The molecule has 0 fully saturated rings. The predicted molar refractivity (Wildman–Crippen MR) is 53.8 cm³/mol. The fourth-order valence-electron chi connectivity index (χ4n) is 1.03. The molecule has 0 aromatic heterocycles. The highest BCUT2D eigenvalue weighted by atomic mass is 32.3. The van der Waals surface area contributed by atoms with Crippen molar-refractivity contribution in [1.29, 1.82) is 0 Å². The second kappa shape index (κ2) is 4.79. The van der Waals surface area contributed by atoms with Gasteiger partial charge in [0.2, 0.25) is 0 Å². The van der Waals surface area contributed by atoms with E-state index in [2.05, 4.69) is 14.2 Å². The summed E-state index contributed by atoms with van der Waals surface area (Å²) in [5.74, 6) is -0.298. The van der Waals surface area contributed by atoms with E-state index >= 15 is 0 Å². The Kier molecular flexibility index (Phi) is 3.67. The third-order valence-corrected chi connectivity index (χ3v) is 1.93. The molecule has 9 heteroatoms. The zero-order valence-electron chi connectivity index (χ0n) is 7.87. The minimum atomic E-state index is -5.11. The van der Waals surface area contributed by atoms with Gasteiger partial charge in [-0.25, -0.2) is 0 Å². The molecule has 0 radical (unpaired) electrons. The Morgan fingerprint density at radius 2 is 2.19 bits per heavy atom. The lowest BCUT2D eigenvalue weighted by Crippen LogP contribution is -2.02. The van der Waals surface area contributed by atoms with E-state index in [9.17, 15) is 12.3 Å². The number of nitrogens with zero attached hydrogens (tertiary/aromatic N) is 3. The maximum atomic E-state index is 12.2. The van der Waals surface area contributed by atoms with Gasteiger partial charge in [0.1, 0.15) is 5.75 Å². The zero-order valence-corrected chi connectivity index (χ0v) is 8.69. The number of azide groups is 1. The molecule has 1 aromatic rings. The molecule has 0 atom stereocenters. The molecule has 0 bridgehead atoms. The Morgan fingerprint density at radius 3 is 2.69 bits per heavy atom. The molecule has 0 spiro atoms. The first kappa shape index (κ1) is 12.2. The number of hydrogen-bond donors (Lipinski definition) is 1. The molecule has 1 aromatic carbocycles. The average molecular weight is 246 g/mol. The average Bonchev–Trinajstić information content (AvgIpc) is 2.15. The largest absolute Gasteiger partial charge is 0.488 e. The van der Waals surface area contributed by atoms with E-state index < -0.39 is 10.5 Å². The highest BCUT2D eigenvalue weighted by Gasteiger charge is 2.10. The summed E-state index contributed by atoms with van der Waals surface area (Å²) >= 11 is 0. The molecule has 0 aliphatic carbocycles. The van der Waals surface area contributed by atoms with E-state index in [4.69, 9.17) is 11.3 Å². The van der Waals surface area contributed by atoms with Crippen LogP contribution in [0.15, 0.2) is 23.3 Å². The van der Waals surface area contributed by atoms with Gasteiger partial charge in [0, 0.05) is 17.1 Å². The van der Waals surface area contributed by atoms with Gasteiger partial charge < -0.3 is 9.92 Å². The Balaban J connectivity index is 3.18. The number of rotatable bonds is 4. The lowest BCUT2D eigenvalue weighted by molar-refractivity contribution is 0.440. The van der Waals surface area contributed by atoms with Crippen LogP contribution >= 0.6 is 0 Å². The van der Waals surface area contributed by atoms with Crippen molar-refractivity contribution in [3.8, 4) is 5.75 Å². The molecule has 0 amide bonds. The summed E-state index contributed by atoms with van der Waals surface area (Å²) in [5.41, 5.74) is 14.0. The normalized spacial score (nSPS) is 10.6. The van der Waals surface area contributed by atoms with Gasteiger partial charge in [0.25, 0.3) is 0 Å². The van der Waals surface area contributed by atoms with E-state index in [0.717, 1.165) is 6.07 Å². The molecule has 0 unspecified atom stereocenters. The summed E-state index contributed by atoms with van der Waals surface area (Å²) in [7, 11) is -5.11. The predicted octanol–water partition coefficient (Wildman–Crippen LogP) is 1.68. The number of halogens is 1. The first-order valence-corrected chi connectivity index (χ1v) is 5.28. The van der Waals surface area contributed by atoms with Gasteiger partial charge in [-0.15, -0.1) is 0 Å². The number of hydrogen-bond acceptors (Lipinski definition) is 5. The summed E-state index contributed by atoms with van der Waals surface area (Å²) in [6, 6.07) is 3.74. The van der Waals surface area contributed by atoms with Crippen LogP contribution in [0.5, 0.6) is 5.75 Å². The molecule has 0 saturated carbocycles. The van der Waals surface area contributed by atoms with Crippen molar-refractivity contribution >= 4 is 16.2 Å². The standard InChI is InChI=1S/C7H7FN4O3S/c8-16(13,14)15-7-2-5(4-9)1-6(3-7)11-12-10/h1-3H,4,9H2. The van der Waals surface area contributed by atoms with Gasteiger partial charge in [-0.2, -0.15) is 8.42 Å². The van der Waals surface area contributed by atoms with Crippen molar-refractivity contribution < 1.29 is 16.5 Å². The monoisotopic (exact) mass is 246 g/mol. The van der Waals surface area contributed by atoms with Crippen LogP contribution in [-0.2, 0) is 17.0 Å². The van der Waals surface area contributed by atoms with Crippen LogP contribution in [0.4, 0.5) is 9.57 Å². The molecule has 0 heterocycles. The van der Waals surface area contributed by atoms with Gasteiger partial charge in [0.15, 0.2) is 0 Å². The smallest absolute Gasteiger partial charge is 0.358 e. The summed E-state index contributed by atoms with van der Waals surface area (Å²) < 4.78 is 36.7.